The van der Waals surface area contributed by atoms with Crippen molar-refractivity contribution in [3.63, 3.8) is 0 Å². The molecule has 0 bridgehead atoms. The van der Waals surface area contributed by atoms with Crippen molar-refractivity contribution < 1.29 is 4.79 Å². The summed E-state index contributed by atoms with van der Waals surface area (Å²) in [5.74, 6) is -0.0624. The number of aromatic nitrogens is 2. The second kappa shape index (κ2) is 8.37. The fraction of sp³-hybridized carbons (Fsp3) is 0.476. The van der Waals surface area contributed by atoms with E-state index in [9.17, 15) is 14.4 Å². The first-order valence-electron chi connectivity index (χ1n) is 9.58. The lowest BCUT2D eigenvalue weighted by Gasteiger charge is -2.34. The summed E-state index contributed by atoms with van der Waals surface area (Å²) in [6.45, 7) is 2.59. The Kier molecular flexibility index (Phi) is 5.94. The van der Waals surface area contributed by atoms with Crippen molar-refractivity contribution in [1.82, 2.24) is 14.5 Å². The van der Waals surface area contributed by atoms with E-state index in [-0.39, 0.29) is 18.4 Å². The second-order valence-electron chi connectivity index (χ2n) is 7.46. The van der Waals surface area contributed by atoms with Crippen LogP contribution in [0.5, 0.6) is 0 Å². The van der Waals surface area contributed by atoms with E-state index in [1.165, 1.54) is 19.7 Å². The Balaban J connectivity index is 1.85. The molecule has 0 aliphatic heterocycles. The van der Waals surface area contributed by atoms with Crippen LogP contribution < -0.4 is 11.2 Å². The average Bonchev–Trinajstić information content (AvgIpc) is 2.67. The molecule has 1 aliphatic carbocycles. The smallest absolute Gasteiger partial charge is 0.328 e. The van der Waals surface area contributed by atoms with E-state index in [0.717, 1.165) is 41.4 Å². The molecule has 6 nitrogen and oxygen atoms in total. The summed E-state index contributed by atoms with van der Waals surface area (Å²) in [5, 5.41) is 0. The molecular weight excluding hydrogens is 342 g/mol. The van der Waals surface area contributed by atoms with Crippen LogP contribution in [-0.2, 0) is 24.8 Å². The van der Waals surface area contributed by atoms with Crippen molar-refractivity contribution in [2.24, 2.45) is 7.05 Å². The Morgan fingerprint density at radius 3 is 2.67 bits per heavy atom. The molecular formula is C21H27N3O3. The van der Waals surface area contributed by atoms with E-state index in [2.05, 4.69) is 11.1 Å². The molecule has 3 rings (SSSR count). The lowest BCUT2D eigenvalue weighted by Crippen LogP contribution is -2.43. The van der Waals surface area contributed by atoms with Crippen LogP contribution in [0.15, 0.2) is 40.1 Å². The van der Waals surface area contributed by atoms with Gasteiger partial charge in [-0.3, -0.25) is 14.2 Å². The van der Waals surface area contributed by atoms with Gasteiger partial charge in [-0.1, -0.05) is 49.1 Å². The minimum atomic E-state index is -0.472. The SMILES string of the molecule is Cc1cccc(CN(C(=O)Cc2c[nH]c(=O)n(C)c2=O)C2CCCCC2)c1. The normalized spacial score (nSPS) is 14.9. The summed E-state index contributed by atoms with van der Waals surface area (Å²) in [5.41, 5.74) is 1.71. The van der Waals surface area contributed by atoms with Crippen LogP contribution in [0.1, 0.15) is 48.8 Å². The van der Waals surface area contributed by atoms with Gasteiger partial charge in [0.2, 0.25) is 5.91 Å². The van der Waals surface area contributed by atoms with Crippen LogP contribution in [0.2, 0.25) is 0 Å². The van der Waals surface area contributed by atoms with E-state index < -0.39 is 11.2 Å². The summed E-state index contributed by atoms with van der Waals surface area (Å²) in [7, 11) is 1.42. The van der Waals surface area contributed by atoms with Crippen LogP contribution in [0.4, 0.5) is 0 Å². The van der Waals surface area contributed by atoms with Gasteiger partial charge in [-0.25, -0.2) is 4.79 Å². The molecule has 1 heterocycles. The highest BCUT2D eigenvalue weighted by Crippen LogP contribution is 2.25. The third-order valence-electron chi connectivity index (χ3n) is 5.37. The number of aromatic amines is 1. The highest BCUT2D eigenvalue weighted by molar-refractivity contribution is 5.79. The van der Waals surface area contributed by atoms with Gasteiger partial charge in [0.1, 0.15) is 0 Å². The molecule has 2 aromatic rings. The van der Waals surface area contributed by atoms with E-state index >= 15 is 0 Å². The van der Waals surface area contributed by atoms with E-state index in [0.29, 0.717) is 12.1 Å². The van der Waals surface area contributed by atoms with Crippen LogP contribution in [-0.4, -0.2) is 26.4 Å². The maximum Gasteiger partial charge on any atom is 0.328 e. The Labute approximate surface area is 158 Å². The largest absolute Gasteiger partial charge is 0.335 e. The molecule has 0 spiro atoms. The monoisotopic (exact) mass is 369 g/mol. The van der Waals surface area contributed by atoms with Gasteiger partial charge >= 0.3 is 5.69 Å². The molecule has 1 fully saturated rings. The molecule has 6 heteroatoms. The first-order valence-corrected chi connectivity index (χ1v) is 9.58. The number of benzene rings is 1. The van der Waals surface area contributed by atoms with Crippen molar-refractivity contribution in [2.75, 3.05) is 0 Å². The molecule has 0 saturated heterocycles. The first-order chi connectivity index (χ1) is 13.0. The van der Waals surface area contributed by atoms with Crippen molar-refractivity contribution in [3.05, 3.63) is 68.0 Å². The lowest BCUT2D eigenvalue weighted by molar-refractivity contribution is -0.134. The van der Waals surface area contributed by atoms with Gasteiger partial charge in [0.15, 0.2) is 0 Å². The quantitative estimate of drug-likeness (QED) is 0.879. The fourth-order valence-corrected chi connectivity index (χ4v) is 3.83. The van der Waals surface area contributed by atoms with Crippen LogP contribution in [0, 0.1) is 6.92 Å². The zero-order valence-electron chi connectivity index (χ0n) is 16.0. The molecule has 1 aromatic carbocycles. The number of hydrogen-bond acceptors (Lipinski definition) is 3. The predicted molar refractivity (Wildman–Crippen MR) is 105 cm³/mol. The summed E-state index contributed by atoms with van der Waals surface area (Å²) in [4.78, 5) is 41.4. The van der Waals surface area contributed by atoms with Gasteiger partial charge in [0, 0.05) is 31.4 Å². The highest BCUT2D eigenvalue weighted by atomic mass is 16.2. The number of nitrogens with one attached hydrogen (secondary N) is 1. The standard InChI is InChI=1S/C21H27N3O3/c1-15-7-6-8-16(11-15)14-24(18-9-4-3-5-10-18)19(25)12-17-13-22-21(27)23(2)20(17)26/h6-8,11,13,18H,3-5,9-10,12,14H2,1-2H3,(H,22,27). The molecule has 1 aliphatic rings. The van der Waals surface area contributed by atoms with Crippen molar-refractivity contribution in [3.8, 4) is 0 Å². The zero-order valence-corrected chi connectivity index (χ0v) is 16.0. The fourth-order valence-electron chi connectivity index (χ4n) is 3.83. The summed E-state index contributed by atoms with van der Waals surface area (Å²) >= 11 is 0. The number of nitrogens with zero attached hydrogens (tertiary/aromatic N) is 2. The lowest BCUT2D eigenvalue weighted by atomic mass is 9.93. The van der Waals surface area contributed by atoms with Gasteiger partial charge in [-0.05, 0) is 25.3 Å². The van der Waals surface area contributed by atoms with Crippen LogP contribution in [0.25, 0.3) is 0 Å². The van der Waals surface area contributed by atoms with Crippen molar-refractivity contribution >= 4 is 5.91 Å². The molecule has 1 aromatic heterocycles. The zero-order chi connectivity index (χ0) is 19.4. The summed E-state index contributed by atoms with van der Waals surface area (Å²) < 4.78 is 1.01. The van der Waals surface area contributed by atoms with Gasteiger partial charge < -0.3 is 9.88 Å². The average molecular weight is 369 g/mol. The number of H-pyrrole nitrogens is 1. The number of hydrogen-bond donors (Lipinski definition) is 1. The van der Waals surface area contributed by atoms with E-state index in [1.54, 1.807) is 0 Å². The molecule has 27 heavy (non-hydrogen) atoms. The number of rotatable bonds is 5. The van der Waals surface area contributed by atoms with Gasteiger partial charge in [0.25, 0.3) is 5.56 Å². The third kappa shape index (κ3) is 4.56. The van der Waals surface area contributed by atoms with Gasteiger partial charge in [-0.2, -0.15) is 0 Å². The summed E-state index contributed by atoms with van der Waals surface area (Å²) in [6.07, 6.45) is 6.84. The Morgan fingerprint density at radius 1 is 1.22 bits per heavy atom. The molecule has 0 radical (unpaired) electrons. The molecule has 0 atom stereocenters. The van der Waals surface area contributed by atoms with E-state index in [1.807, 2.05) is 30.0 Å². The van der Waals surface area contributed by atoms with Crippen LogP contribution in [0.3, 0.4) is 0 Å². The Hall–Kier alpha value is -2.63. The minimum Gasteiger partial charge on any atom is -0.335 e. The van der Waals surface area contributed by atoms with Crippen LogP contribution >= 0.6 is 0 Å². The van der Waals surface area contributed by atoms with E-state index in [4.69, 9.17) is 0 Å². The summed E-state index contributed by atoms with van der Waals surface area (Å²) in [6, 6.07) is 8.39. The maximum absolute atomic E-state index is 13.1. The Bertz CT molecular complexity index is 923. The minimum absolute atomic E-state index is 0.00572. The molecule has 1 saturated carbocycles. The Morgan fingerprint density at radius 2 is 1.96 bits per heavy atom. The number of carbonyl (C=O) groups excluding carboxylic acids is 1. The van der Waals surface area contributed by atoms with Gasteiger partial charge in [-0.15, -0.1) is 0 Å². The second-order valence-corrected chi connectivity index (χ2v) is 7.46. The van der Waals surface area contributed by atoms with Gasteiger partial charge in [0.05, 0.1) is 6.42 Å². The first kappa shape index (κ1) is 19.1. The number of amides is 1. The number of aryl methyl sites for hydroxylation is 1. The van der Waals surface area contributed by atoms with Crippen molar-refractivity contribution in [1.29, 1.82) is 0 Å². The third-order valence-corrected chi connectivity index (χ3v) is 5.37. The molecule has 1 N–H and O–H groups in total. The molecule has 144 valence electrons. The molecule has 0 unspecified atom stereocenters. The number of carbonyl (C=O) groups is 1. The molecule has 1 amide bonds. The maximum atomic E-state index is 13.1. The highest BCUT2D eigenvalue weighted by Gasteiger charge is 2.26. The predicted octanol–water partition coefficient (Wildman–Crippen LogP) is 2.29. The van der Waals surface area contributed by atoms with Crippen molar-refractivity contribution in [2.45, 2.75) is 58.0 Å². The topological polar surface area (TPSA) is 75.2 Å².